The van der Waals surface area contributed by atoms with E-state index >= 15 is 0 Å². The molecule has 3 amide bonds. The molecular weight excluding hydrogens is 670 g/mol. The fourth-order valence-corrected chi connectivity index (χ4v) is 7.90. The van der Waals surface area contributed by atoms with Crippen LogP contribution in [0.5, 0.6) is 0 Å². The third-order valence-electron chi connectivity index (χ3n) is 9.26. The Bertz CT molecular complexity index is 1470. The van der Waals surface area contributed by atoms with E-state index in [2.05, 4.69) is 33.1 Å². The number of hydrogen-bond donors (Lipinski definition) is 2. The van der Waals surface area contributed by atoms with Crippen LogP contribution in [0.1, 0.15) is 52.9 Å². The van der Waals surface area contributed by atoms with Crippen LogP contribution in [0.25, 0.3) is 0 Å². The quantitative estimate of drug-likeness (QED) is 0.211. The van der Waals surface area contributed by atoms with Gasteiger partial charge in [-0.15, -0.1) is 6.58 Å². The van der Waals surface area contributed by atoms with Crippen LogP contribution in [0.2, 0.25) is 0 Å². The number of nitrogens with one attached hydrogen (secondary N) is 2. The topological polar surface area (TPSA) is 157 Å². The monoisotopic (exact) mass is 709 g/mol. The van der Waals surface area contributed by atoms with E-state index in [-0.39, 0.29) is 36.3 Å². The van der Waals surface area contributed by atoms with Gasteiger partial charge in [0.15, 0.2) is 0 Å². The molecule has 1 unspecified atom stereocenters. The third-order valence-corrected chi connectivity index (χ3v) is 11.2. The lowest BCUT2D eigenvalue weighted by Gasteiger charge is -2.35. The van der Waals surface area contributed by atoms with E-state index in [1.165, 1.54) is 24.1 Å². The summed E-state index contributed by atoms with van der Waals surface area (Å²) in [5, 5.41) is 5.45. The van der Waals surface area contributed by atoms with Crippen molar-refractivity contribution in [2.75, 3.05) is 13.7 Å². The molecule has 1 aliphatic heterocycles. The van der Waals surface area contributed by atoms with Gasteiger partial charge < -0.3 is 25.0 Å². The van der Waals surface area contributed by atoms with Crippen LogP contribution in [-0.2, 0) is 38.2 Å². The van der Waals surface area contributed by atoms with Crippen molar-refractivity contribution in [2.45, 2.75) is 87.6 Å². The summed E-state index contributed by atoms with van der Waals surface area (Å²) in [6.45, 7) is 8.77. The number of likely N-dealkylation sites (tertiary alicyclic amines) is 1. The first kappa shape index (κ1) is 33.4. The summed E-state index contributed by atoms with van der Waals surface area (Å²) < 4.78 is 43.1. The van der Waals surface area contributed by atoms with Crippen molar-refractivity contribution in [1.82, 2.24) is 15.5 Å². The average Bonchev–Trinajstić information content (AvgIpc) is 3.78. The number of esters is 1. The molecule has 12 nitrogen and oxygen atoms in total. The van der Waals surface area contributed by atoms with Gasteiger partial charge >= 0.3 is 12.1 Å². The highest BCUT2D eigenvalue weighted by molar-refractivity contribution is 9.10. The molecule has 5 rings (SSSR count). The molecule has 0 bridgehead atoms. The number of nitrogens with zero attached hydrogens (tertiary/aromatic N) is 1. The Morgan fingerprint density at radius 1 is 1.07 bits per heavy atom. The Balaban J connectivity index is 1.37. The average molecular weight is 711 g/mol. The van der Waals surface area contributed by atoms with Crippen molar-refractivity contribution in [3.63, 3.8) is 0 Å². The van der Waals surface area contributed by atoms with Crippen LogP contribution >= 0.6 is 15.9 Å². The standard InChI is InChI=1S/C31H40BrN3O9S/c1-6-19-15-31(19,28(38)42-5)34-26(36)24-14-22(44-45(40,41)23-9-7-20(32)8-10-23)16-35(24)27(37)25(30(2,3)4)33-29(39)43-21-12-17-11-18(17)13-21/h6-10,17-19,21-22,24-25H,1,11-16H2,2-5H3,(H,33,39)(H,34,36)/t17-,18+,19-,21?,22+,24+,25-,31-/m1/s1. The summed E-state index contributed by atoms with van der Waals surface area (Å²) in [4.78, 5) is 54.8. The Hall–Kier alpha value is -2.97. The molecule has 14 heteroatoms. The maximum Gasteiger partial charge on any atom is 0.408 e. The van der Waals surface area contributed by atoms with E-state index in [1.54, 1.807) is 39.0 Å². The summed E-state index contributed by atoms with van der Waals surface area (Å²) in [6, 6.07) is 3.55. The Labute approximate surface area is 271 Å². The number of carbonyl (C=O) groups excluding carboxylic acids is 4. The molecule has 1 aromatic rings. The van der Waals surface area contributed by atoms with E-state index in [4.69, 9.17) is 13.7 Å². The largest absolute Gasteiger partial charge is 0.467 e. The van der Waals surface area contributed by atoms with E-state index in [0.29, 0.717) is 16.3 Å². The number of carbonyl (C=O) groups is 4. The van der Waals surface area contributed by atoms with Crippen molar-refractivity contribution in [2.24, 2.45) is 23.2 Å². The summed E-state index contributed by atoms with van der Waals surface area (Å²) >= 11 is 3.27. The predicted octanol–water partition coefficient (Wildman–Crippen LogP) is 3.30. The van der Waals surface area contributed by atoms with Gasteiger partial charge in [-0.1, -0.05) is 42.8 Å². The smallest absolute Gasteiger partial charge is 0.408 e. The molecule has 0 spiro atoms. The molecule has 1 saturated heterocycles. The van der Waals surface area contributed by atoms with Gasteiger partial charge in [-0.3, -0.25) is 13.8 Å². The minimum atomic E-state index is -4.26. The first-order chi connectivity index (χ1) is 21.1. The van der Waals surface area contributed by atoms with E-state index < -0.39 is 63.1 Å². The zero-order valence-corrected chi connectivity index (χ0v) is 28.2. The number of amides is 3. The van der Waals surface area contributed by atoms with Gasteiger partial charge in [0, 0.05) is 23.4 Å². The van der Waals surface area contributed by atoms with Gasteiger partial charge in [-0.05, 0) is 67.2 Å². The Morgan fingerprint density at radius 2 is 1.71 bits per heavy atom. The Kier molecular flexibility index (Phi) is 9.15. The minimum absolute atomic E-state index is 0.0885. The number of ether oxygens (including phenoxy) is 2. The predicted molar refractivity (Wildman–Crippen MR) is 165 cm³/mol. The molecule has 246 valence electrons. The highest BCUT2D eigenvalue weighted by atomic mass is 79.9. The SMILES string of the molecule is C=C[C@@H]1C[C@]1(NC(=O)[C@@H]1C[C@H](OS(=O)(=O)c2ccc(Br)cc2)CN1C(=O)[C@@H](NC(=O)OC1C[C@@H]2C[C@@H]2C1)C(C)(C)C)C(=O)OC. The lowest BCUT2D eigenvalue weighted by Crippen LogP contribution is -2.59. The van der Waals surface area contributed by atoms with Gasteiger partial charge in [0.25, 0.3) is 10.1 Å². The second-order valence-electron chi connectivity index (χ2n) is 13.6. The lowest BCUT2D eigenvalue weighted by molar-refractivity contribution is -0.148. The summed E-state index contributed by atoms with van der Waals surface area (Å²) in [7, 11) is -3.05. The van der Waals surface area contributed by atoms with E-state index in [1.807, 2.05) is 0 Å². The van der Waals surface area contributed by atoms with Gasteiger partial charge in [0.2, 0.25) is 11.8 Å². The maximum atomic E-state index is 14.2. The number of halogens is 1. The first-order valence-electron chi connectivity index (χ1n) is 15.1. The molecule has 8 atom stereocenters. The highest BCUT2D eigenvalue weighted by Crippen LogP contribution is 2.52. The van der Waals surface area contributed by atoms with Crippen molar-refractivity contribution in [3.05, 3.63) is 41.4 Å². The van der Waals surface area contributed by atoms with Gasteiger partial charge in [0.05, 0.1) is 18.1 Å². The van der Waals surface area contributed by atoms with Crippen molar-refractivity contribution >= 4 is 49.9 Å². The number of hydrogen-bond acceptors (Lipinski definition) is 9. The molecule has 1 heterocycles. The van der Waals surface area contributed by atoms with Crippen LogP contribution in [-0.4, -0.2) is 80.7 Å². The zero-order valence-electron chi connectivity index (χ0n) is 25.8. The first-order valence-corrected chi connectivity index (χ1v) is 17.3. The second-order valence-corrected chi connectivity index (χ2v) is 16.1. The van der Waals surface area contributed by atoms with Crippen molar-refractivity contribution < 1.29 is 41.3 Å². The van der Waals surface area contributed by atoms with Gasteiger partial charge in [-0.2, -0.15) is 8.42 Å². The Morgan fingerprint density at radius 3 is 2.27 bits per heavy atom. The van der Waals surface area contributed by atoms with E-state index in [9.17, 15) is 27.6 Å². The maximum absolute atomic E-state index is 14.2. The molecule has 0 aromatic heterocycles. The van der Waals surface area contributed by atoms with Gasteiger partial charge in [0.1, 0.15) is 23.7 Å². The summed E-state index contributed by atoms with van der Waals surface area (Å²) in [5.41, 5.74) is -2.15. The normalized spacial score (nSPS) is 30.9. The van der Waals surface area contributed by atoms with E-state index in [0.717, 1.165) is 19.3 Å². The number of methoxy groups -OCH3 is 1. The molecule has 3 aliphatic carbocycles. The van der Waals surface area contributed by atoms with Crippen molar-refractivity contribution in [3.8, 4) is 0 Å². The number of benzene rings is 1. The molecule has 1 aromatic carbocycles. The fraction of sp³-hybridized carbons (Fsp3) is 0.613. The number of alkyl carbamates (subject to hydrolysis) is 1. The third kappa shape index (κ3) is 7.07. The number of rotatable bonds is 10. The molecule has 4 aliphatic rings. The van der Waals surface area contributed by atoms with Gasteiger partial charge in [-0.25, -0.2) is 9.59 Å². The lowest BCUT2D eigenvalue weighted by atomic mass is 9.85. The van der Waals surface area contributed by atoms with Crippen LogP contribution < -0.4 is 10.6 Å². The summed E-state index contributed by atoms with van der Waals surface area (Å²) in [5.74, 6) is -1.11. The number of fused-ring (bicyclic) bond motifs is 1. The van der Waals surface area contributed by atoms with Crippen LogP contribution in [0, 0.1) is 23.2 Å². The molecule has 0 radical (unpaired) electrons. The van der Waals surface area contributed by atoms with Crippen molar-refractivity contribution in [1.29, 1.82) is 0 Å². The molecule has 3 saturated carbocycles. The summed E-state index contributed by atoms with van der Waals surface area (Å²) in [6.07, 6.45) is 2.40. The zero-order chi connectivity index (χ0) is 32.9. The molecule has 4 fully saturated rings. The van der Waals surface area contributed by atoms with Crippen LogP contribution in [0.15, 0.2) is 46.3 Å². The molecule has 2 N–H and O–H groups in total. The van der Waals surface area contributed by atoms with Crippen LogP contribution in [0.4, 0.5) is 4.79 Å². The fourth-order valence-electron chi connectivity index (χ4n) is 6.56. The minimum Gasteiger partial charge on any atom is -0.467 e. The molecular formula is C31H40BrN3O9S. The highest BCUT2D eigenvalue weighted by Gasteiger charge is 2.62. The second kappa shape index (κ2) is 12.3. The molecule has 45 heavy (non-hydrogen) atoms. The van der Waals surface area contributed by atoms with Crippen LogP contribution in [0.3, 0.4) is 0 Å².